The standard InChI is InChI=1S/C32H38N2O10/c1-18(31(37)38)9-29(35)33-14-19-10-25(41-2)27(12-21(19)15-33)43-7-4-8-44-28-13-22-17-34(16-20(22)11-26(28)42-3)30(36)23-5-6-24(23)32(39)40/h10-13,18,23-24H,4-9,14-17H2,1-3H3,(H,37,38)(H,39,40)/t18?,23-,24-/m1/s1. The first-order valence-corrected chi connectivity index (χ1v) is 14.8. The van der Waals surface area contributed by atoms with Gasteiger partial charge in [0.15, 0.2) is 23.0 Å². The van der Waals surface area contributed by atoms with E-state index in [9.17, 15) is 24.3 Å². The van der Waals surface area contributed by atoms with E-state index in [-0.39, 0.29) is 18.2 Å². The van der Waals surface area contributed by atoms with Crippen molar-refractivity contribution in [1.29, 1.82) is 0 Å². The zero-order chi connectivity index (χ0) is 31.5. The number of benzene rings is 2. The van der Waals surface area contributed by atoms with Gasteiger partial charge in [0.05, 0.1) is 45.2 Å². The highest BCUT2D eigenvalue weighted by Gasteiger charge is 2.44. The second-order valence-corrected chi connectivity index (χ2v) is 11.6. The summed E-state index contributed by atoms with van der Waals surface area (Å²) in [7, 11) is 3.11. The molecular weight excluding hydrogens is 572 g/mol. The van der Waals surface area contributed by atoms with Gasteiger partial charge in [0, 0.05) is 39.0 Å². The molecule has 0 radical (unpaired) electrons. The lowest BCUT2D eigenvalue weighted by molar-refractivity contribution is -0.156. The van der Waals surface area contributed by atoms with Gasteiger partial charge >= 0.3 is 11.9 Å². The maximum Gasteiger partial charge on any atom is 0.307 e. The lowest BCUT2D eigenvalue weighted by atomic mass is 9.73. The molecule has 0 spiro atoms. The Hall–Kier alpha value is -4.48. The molecule has 2 aromatic carbocycles. The summed E-state index contributed by atoms with van der Waals surface area (Å²) in [6.07, 6.45) is 1.65. The van der Waals surface area contributed by atoms with Crippen molar-refractivity contribution in [2.24, 2.45) is 17.8 Å². The number of hydrogen-bond donors (Lipinski definition) is 2. The summed E-state index contributed by atoms with van der Waals surface area (Å²) in [5.41, 5.74) is 3.77. The predicted octanol–water partition coefficient (Wildman–Crippen LogP) is 3.46. The van der Waals surface area contributed by atoms with Crippen molar-refractivity contribution in [3.8, 4) is 23.0 Å². The van der Waals surface area contributed by atoms with Crippen LogP contribution in [-0.4, -0.2) is 71.2 Å². The Balaban J connectivity index is 1.13. The van der Waals surface area contributed by atoms with Crippen LogP contribution in [0.25, 0.3) is 0 Å². The topological polar surface area (TPSA) is 152 Å². The monoisotopic (exact) mass is 610 g/mol. The predicted molar refractivity (Wildman–Crippen MR) is 155 cm³/mol. The van der Waals surface area contributed by atoms with E-state index in [1.807, 2.05) is 24.3 Å². The van der Waals surface area contributed by atoms with Crippen LogP contribution in [0.15, 0.2) is 24.3 Å². The Morgan fingerprint density at radius 3 is 1.61 bits per heavy atom. The van der Waals surface area contributed by atoms with Gasteiger partial charge in [0.2, 0.25) is 11.8 Å². The Morgan fingerprint density at radius 2 is 1.20 bits per heavy atom. The lowest BCUT2D eigenvalue weighted by Crippen LogP contribution is -2.44. The summed E-state index contributed by atoms with van der Waals surface area (Å²) in [5, 5.41) is 18.5. The molecule has 236 valence electrons. The van der Waals surface area contributed by atoms with Gasteiger partial charge in [-0.3, -0.25) is 19.2 Å². The van der Waals surface area contributed by atoms with E-state index in [0.29, 0.717) is 81.7 Å². The molecule has 5 rings (SSSR count). The van der Waals surface area contributed by atoms with Gasteiger partial charge in [-0.25, -0.2) is 0 Å². The normalized spacial score (nSPS) is 19.0. The average Bonchev–Trinajstić information content (AvgIpc) is 3.58. The van der Waals surface area contributed by atoms with Crippen molar-refractivity contribution >= 4 is 23.8 Å². The zero-order valence-electron chi connectivity index (χ0n) is 25.2. The minimum Gasteiger partial charge on any atom is -0.493 e. The van der Waals surface area contributed by atoms with Crippen molar-refractivity contribution in [3.05, 3.63) is 46.5 Å². The van der Waals surface area contributed by atoms with Crippen molar-refractivity contribution in [1.82, 2.24) is 9.80 Å². The summed E-state index contributed by atoms with van der Waals surface area (Å²) in [4.78, 5) is 51.5. The van der Waals surface area contributed by atoms with Gasteiger partial charge in [0.25, 0.3) is 0 Å². The van der Waals surface area contributed by atoms with Crippen LogP contribution in [0.2, 0.25) is 0 Å². The van der Waals surface area contributed by atoms with Crippen LogP contribution >= 0.6 is 0 Å². The highest BCUT2D eigenvalue weighted by atomic mass is 16.5. The summed E-state index contributed by atoms with van der Waals surface area (Å²) in [5.74, 6) is -1.82. The first-order chi connectivity index (χ1) is 21.1. The van der Waals surface area contributed by atoms with Crippen molar-refractivity contribution < 1.29 is 48.3 Å². The van der Waals surface area contributed by atoms with Crippen LogP contribution in [0.5, 0.6) is 23.0 Å². The number of carboxylic acid groups (broad SMARTS) is 2. The molecule has 1 aliphatic carbocycles. The van der Waals surface area contributed by atoms with Crippen molar-refractivity contribution in [3.63, 3.8) is 0 Å². The van der Waals surface area contributed by atoms with Crippen LogP contribution in [0.3, 0.4) is 0 Å². The molecule has 2 heterocycles. The maximum atomic E-state index is 13.0. The SMILES string of the molecule is COc1cc2c(cc1OCCCOc1cc3c(cc1OC)CN(C(=O)[C@@H]1CC[C@H]1C(=O)O)C3)CN(C(=O)CC(C)C(=O)O)C2. The van der Waals surface area contributed by atoms with Crippen LogP contribution in [0.1, 0.15) is 54.9 Å². The van der Waals surface area contributed by atoms with Gasteiger partial charge in [-0.1, -0.05) is 6.92 Å². The van der Waals surface area contributed by atoms with Gasteiger partial charge in [-0.15, -0.1) is 0 Å². The Bertz CT molecular complexity index is 1460. The number of fused-ring (bicyclic) bond motifs is 2. The number of amides is 2. The second-order valence-electron chi connectivity index (χ2n) is 11.6. The molecule has 2 aromatic rings. The highest BCUT2D eigenvalue weighted by molar-refractivity contribution is 5.87. The summed E-state index contributed by atoms with van der Waals surface area (Å²) in [6, 6.07) is 7.47. The van der Waals surface area contributed by atoms with Crippen LogP contribution < -0.4 is 18.9 Å². The maximum absolute atomic E-state index is 13.0. The Labute approximate surface area is 255 Å². The summed E-state index contributed by atoms with van der Waals surface area (Å²) < 4.78 is 23.1. The first-order valence-electron chi connectivity index (χ1n) is 14.8. The number of nitrogens with zero attached hydrogens (tertiary/aromatic N) is 2. The molecule has 12 nitrogen and oxygen atoms in total. The molecule has 12 heteroatoms. The van der Waals surface area contributed by atoms with Crippen molar-refractivity contribution in [2.45, 2.75) is 58.8 Å². The van der Waals surface area contributed by atoms with E-state index in [1.165, 1.54) is 6.92 Å². The summed E-state index contributed by atoms with van der Waals surface area (Å²) in [6.45, 7) is 3.80. The van der Waals surface area contributed by atoms with E-state index < -0.39 is 29.7 Å². The molecule has 0 saturated heterocycles. The third-order valence-electron chi connectivity index (χ3n) is 8.70. The minimum atomic E-state index is -0.995. The molecule has 3 aliphatic rings. The number of carboxylic acids is 2. The minimum absolute atomic E-state index is 0.0527. The quantitative estimate of drug-likeness (QED) is 0.323. The van der Waals surface area contributed by atoms with Gasteiger partial charge in [-0.2, -0.15) is 0 Å². The van der Waals surface area contributed by atoms with Gasteiger partial charge < -0.3 is 39.0 Å². The molecule has 2 amide bonds. The first kappa shape index (κ1) is 31.0. The third-order valence-corrected chi connectivity index (χ3v) is 8.70. The molecule has 2 N–H and O–H groups in total. The highest BCUT2D eigenvalue weighted by Crippen LogP contribution is 2.40. The Kier molecular flexibility index (Phi) is 9.17. The molecule has 1 saturated carbocycles. The molecule has 44 heavy (non-hydrogen) atoms. The van der Waals surface area contributed by atoms with Crippen LogP contribution in [0.4, 0.5) is 0 Å². The van der Waals surface area contributed by atoms with Gasteiger partial charge in [-0.05, 0) is 59.4 Å². The largest absolute Gasteiger partial charge is 0.493 e. The molecule has 0 bridgehead atoms. The van der Waals surface area contributed by atoms with Crippen LogP contribution in [-0.2, 0) is 45.4 Å². The molecule has 3 atom stereocenters. The number of carbonyl (C=O) groups excluding carboxylic acids is 2. The van der Waals surface area contributed by atoms with E-state index in [4.69, 9.17) is 24.1 Å². The molecule has 1 fully saturated rings. The third kappa shape index (κ3) is 6.39. The number of carbonyl (C=O) groups is 4. The smallest absolute Gasteiger partial charge is 0.307 e. The Morgan fingerprint density at radius 1 is 0.750 bits per heavy atom. The number of hydrogen-bond acceptors (Lipinski definition) is 8. The molecule has 1 unspecified atom stereocenters. The number of ether oxygens (including phenoxy) is 4. The zero-order valence-corrected chi connectivity index (χ0v) is 25.2. The van der Waals surface area contributed by atoms with E-state index in [1.54, 1.807) is 24.0 Å². The number of rotatable bonds is 13. The lowest BCUT2D eigenvalue weighted by Gasteiger charge is -2.34. The van der Waals surface area contributed by atoms with E-state index in [2.05, 4.69) is 0 Å². The molecule has 2 aliphatic heterocycles. The fourth-order valence-electron chi connectivity index (χ4n) is 5.92. The average molecular weight is 611 g/mol. The fourth-order valence-corrected chi connectivity index (χ4v) is 5.92. The molecule has 0 aromatic heterocycles. The number of methoxy groups -OCH3 is 2. The van der Waals surface area contributed by atoms with Gasteiger partial charge in [0.1, 0.15) is 0 Å². The second kappa shape index (κ2) is 13.0. The fraction of sp³-hybridized carbons (Fsp3) is 0.500. The van der Waals surface area contributed by atoms with E-state index >= 15 is 0 Å². The van der Waals surface area contributed by atoms with E-state index in [0.717, 1.165) is 22.3 Å². The number of aliphatic carboxylic acids is 2. The summed E-state index contributed by atoms with van der Waals surface area (Å²) >= 11 is 0. The molecular formula is C32H38N2O10. The van der Waals surface area contributed by atoms with Crippen molar-refractivity contribution in [2.75, 3.05) is 27.4 Å². The van der Waals surface area contributed by atoms with Crippen LogP contribution in [0, 0.1) is 17.8 Å².